The second kappa shape index (κ2) is 5.97. The summed E-state index contributed by atoms with van der Waals surface area (Å²) in [6.07, 6.45) is 1.96. The van der Waals surface area contributed by atoms with Gasteiger partial charge in [0.25, 0.3) is 0 Å². The highest BCUT2D eigenvalue weighted by Crippen LogP contribution is 2.31. The Bertz CT molecular complexity index is 838. The molecule has 1 aromatic heterocycles. The molecule has 0 fully saturated rings. The van der Waals surface area contributed by atoms with Crippen LogP contribution in [0.15, 0.2) is 29.2 Å². The summed E-state index contributed by atoms with van der Waals surface area (Å²) in [6, 6.07) is 6.90. The minimum Gasteiger partial charge on any atom is -0.313 e. The van der Waals surface area contributed by atoms with Gasteiger partial charge in [-0.1, -0.05) is 31.5 Å². The van der Waals surface area contributed by atoms with Crippen molar-refractivity contribution < 1.29 is 8.42 Å². The van der Waals surface area contributed by atoms with Crippen molar-refractivity contribution in [2.45, 2.75) is 51.6 Å². The quantitative estimate of drug-likeness (QED) is 0.851. The molecule has 0 amide bonds. The third-order valence-electron chi connectivity index (χ3n) is 4.61. The maximum absolute atomic E-state index is 12.7. The Morgan fingerprint density at radius 3 is 2.54 bits per heavy atom. The summed E-state index contributed by atoms with van der Waals surface area (Å²) in [5.41, 5.74) is 1.21. The molecule has 0 bridgehead atoms. The molecule has 0 aliphatic carbocycles. The van der Waals surface area contributed by atoms with Crippen molar-refractivity contribution in [1.82, 2.24) is 19.1 Å². The van der Waals surface area contributed by atoms with E-state index in [0.717, 1.165) is 30.8 Å². The third kappa shape index (κ3) is 3.23. The Hall–Kier alpha value is -1.73. The predicted molar refractivity (Wildman–Crippen MR) is 92.0 cm³/mol. The van der Waals surface area contributed by atoms with Crippen LogP contribution in [0.4, 0.5) is 0 Å². The van der Waals surface area contributed by atoms with E-state index < -0.39 is 10.0 Å². The monoisotopic (exact) mass is 348 g/mol. The van der Waals surface area contributed by atoms with Gasteiger partial charge in [-0.3, -0.25) is 0 Å². The zero-order valence-electron chi connectivity index (χ0n) is 14.7. The summed E-state index contributed by atoms with van der Waals surface area (Å²) in [6.45, 7) is 7.41. The minimum atomic E-state index is -3.53. The smallest absolute Gasteiger partial charge is 0.243 e. The van der Waals surface area contributed by atoms with Crippen LogP contribution in [0.5, 0.6) is 0 Å². The van der Waals surface area contributed by atoms with Crippen LogP contribution in [0.3, 0.4) is 0 Å². The summed E-state index contributed by atoms with van der Waals surface area (Å²) in [4.78, 5) is 0.300. The number of hydrogen-bond acceptors (Lipinski definition) is 4. The van der Waals surface area contributed by atoms with E-state index in [2.05, 4.69) is 28.6 Å². The van der Waals surface area contributed by atoms with Gasteiger partial charge in [0, 0.05) is 20.0 Å². The number of hydrogen-bond donors (Lipinski definition) is 0. The second-order valence-electron chi connectivity index (χ2n) is 7.36. The third-order valence-corrected chi connectivity index (χ3v) is 6.43. The van der Waals surface area contributed by atoms with Crippen LogP contribution in [0.2, 0.25) is 0 Å². The van der Waals surface area contributed by atoms with Crippen molar-refractivity contribution in [3.63, 3.8) is 0 Å². The molecular weight excluding hydrogens is 324 g/mol. The van der Waals surface area contributed by atoms with Crippen LogP contribution in [-0.2, 0) is 29.5 Å². The van der Waals surface area contributed by atoms with E-state index in [1.54, 1.807) is 19.2 Å². The van der Waals surface area contributed by atoms with Gasteiger partial charge in [0.2, 0.25) is 10.0 Å². The first-order valence-electron chi connectivity index (χ1n) is 8.13. The van der Waals surface area contributed by atoms with E-state index >= 15 is 0 Å². The molecule has 3 rings (SSSR count). The summed E-state index contributed by atoms with van der Waals surface area (Å²) in [5.74, 6) is 1.65. The molecule has 130 valence electrons. The number of benzene rings is 1. The number of sulfonamides is 1. The van der Waals surface area contributed by atoms with Crippen LogP contribution in [0.25, 0.3) is 0 Å². The van der Waals surface area contributed by atoms with Gasteiger partial charge in [-0.25, -0.2) is 8.42 Å². The molecule has 7 heteroatoms. The van der Waals surface area contributed by atoms with Crippen molar-refractivity contribution in [3.05, 3.63) is 41.5 Å². The molecule has 24 heavy (non-hydrogen) atoms. The molecule has 2 heterocycles. The Morgan fingerprint density at radius 1 is 1.21 bits per heavy atom. The molecular formula is C17H24N4O2S. The Kier molecular flexibility index (Phi) is 4.25. The van der Waals surface area contributed by atoms with Crippen LogP contribution in [0, 0.1) is 12.3 Å². The zero-order chi connectivity index (χ0) is 17.5. The van der Waals surface area contributed by atoms with E-state index in [1.807, 2.05) is 19.1 Å². The summed E-state index contributed by atoms with van der Waals surface area (Å²) < 4.78 is 28.9. The SMILES string of the molecule is Cc1ccc(S(=O)(=O)N(C)Cc2nnc3n2CC(C)(C)CC3)cc1. The topological polar surface area (TPSA) is 68.1 Å². The van der Waals surface area contributed by atoms with Crippen molar-refractivity contribution in [2.75, 3.05) is 7.05 Å². The number of rotatable bonds is 4. The van der Waals surface area contributed by atoms with Crippen molar-refractivity contribution in [3.8, 4) is 0 Å². The molecule has 0 atom stereocenters. The highest BCUT2D eigenvalue weighted by atomic mass is 32.2. The first-order valence-corrected chi connectivity index (χ1v) is 9.57. The van der Waals surface area contributed by atoms with Crippen LogP contribution < -0.4 is 0 Å². The van der Waals surface area contributed by atoms with E-state index in [0.29, 0.717) is 10.7 Å². The fourth-order valence-corrected chi connectivity index (χ4v) is 4.11. The summed E-state index contributed by atoms with van der Waals surface area (Å²) in [5, 5.41) is 8.46. The lowest BCUT2D eigenvalue weighted by Gasteiger charge is -2.31. The van der Waals surface area contributed by atoms with Crippen molar-refractivity contribution >= 4 is 10.0 Å². The zero-order valence-corrected chi connectivity index (χ0v) is 15.5. The van der Waals surface area contributed by atoms with E-state index in [9.17, 15) is 8.42 Å². The normalized spacial score (nSPS) is 17.0. The van der Waals surface area contributed by atoms with Crippen molar-refractivity contribution in [1.29, 1.82) is 0 Å². The first kappa shape index (κ1) is 17.1. The van der Waals surface area contributed by atoms with Gasteiger partial charge in [-0.15, -0.1) is 10.2 Å². The van der Waals surface area contributed by atoms with Crippen LogP contribution >= 0.6 is 0 Å². The molecule has 0 spiro atoms. The number of nitrogens with zero attached hydrogens (tertiary/aromatic N) is 4. The molecule has 6 nitrogen and oxygen atoms in total. The highest BCUT2D eigenvalue weighted by molar-refractivity contribution is 7.89. The molecule has 1 aromatic carbocycles. The largest absolute Gasteiger partial charge is 0.313 e. The van der Waals surface area contributed by atoms with Crippen LogP contribution in [0.1, 0.15) is 37.5 Å². The number of aromatic nitrogens is 3. The standard InChI is InChI=1S/C17H24N4O2S/c1-13-5-7-14(8-6-13)24(22,23)20(4)11-16-19-18-15-9-10-17(2,3)12-21(15)16/h5-8H,9-12H2,1-4H3. The Morgan fingerprint density at radius 2 is 1.88 bits per heavy atom. The Balaban J connectivity index is 1.84. The van der Waals surface area contributed by atoms with E-state index in [-0.39, 0.29) is 12.0 Å². The molecule has 0 saturated carbocycles. The average molecular weight is 348 g/mol. The molecule has 0 N–H and O–H groups in total. The Labute approximate surface area is 143 Å². The molecule has 0 unspecified atom stereocenters. The van der Waals surface area contributed by atoms with Crippen LogP contribution in [-0.4, -0.2) is 34.5 Å². The predicted octanol–water partition coefficient (Wildman–Crippen LogP) is 2.38. The highest BCUT2D eigenvalue weighted by Gasteiger charge is 2.30. The lowest BCUT2D eigenvalue weighted by molar-refractivity contribution is 0.241. The van der Waals surface area contributed by atoms with Gasteiger partial charge >= 0.3 is 0 Å². The van der Waals surface area contributed by atoms with Gasteiger partial charge in [0.05, 0.1) is 11.4 Å². The lowest BCUT2D eigenvalue weighted by Crippen LogP contribution is -2.32. The lowest BCUT2D eigenvalue weighted by atomic mass is 9.85. The van der Waals surface area contributed by atoms with Crippen molar-refractivity contribution in [2.24, 2.45) is 5.41 Å². The van der Waals surface area contributed by atoms with Gasteiger partial charge in [-0.2, -0.15) is 4.31 Å². The molecule has 1 aliphatic rings. The molecule has 1 aliphatic heterocycles. The minimum absolute atomic E-state index is 0.179. The van der Waals surface area contributed by atoms with Gasteiger partial charge in [-0.05, 0) is 30.9 Å². The molecule has 2 aromatic rings. The molecule has 0 radical (unpaired) electrons. The van der Waals surface area contributed by atoms with Gasteiger partial charge in [0.1, 0.15) is 11.6 Å². The van der Waals surface area contributed by atoms with Gasteiger partial charge in [0.15, 0.2) is 0 Å². The first-order chi connectivity index (χ1) is 11.2. The number of fused-ring (bicyclic) bond motifs is 1. The van der Waals surface area contributed by atoms with E-state index in [4.69, 9.17) is 0 Å². The number of aryl methyl sites for hydroxylation is 2. The van der Waals surface area contributed by atoms with Gasteiger partial charge < -0.3 is 4.57 Å². The average Bonchev–Trinajstić information content (AvgIpc) is 2.88. The maximum atomic E-state index is 12.7. The fraction of sp³-hybridized carbons (Fsp3) is 0.529. The van der Waals surface area contributed by atoms with E-state index in [1.165, 1.54) is 4.31 Å². The summed E-state index contributed by atoms with van der Waals surface area (Å²) >= 11 is 0. The maximum Gasteiger partial charge on any atom is 0.243 e. The second-order valence-corrected chi connectivity index (χ2v) is 9.40. The fourth-order valence-electron chi connectivity index (χ4n) is 2.99. The molecule has 0 saturated heterocycles. The summed E-state index contributed by atoms with van der Waals surface area (Å²) in [7, 11) is -1.95.